The molecule has 0 rings (SSSR count). The Hall–Kier alpha value is -1.63. The lowest BCUT2D eigenvalue weighted by molar-refractivity contribution is -0.149. The standard InChI is InChI=1S/C12H23N3O4/c1-12(2,10(17)18)8-9(16)14-11(19)13-6-5-7-15(3)4/h5-8H2,1-4H3,(H,17,18)(H2,13,14,16,19). The highest BCUT2D eigenvalue weighted by atomic mass is 16.4. The Kier molecular flexibility index (Phi) is 7.06. The Labute approximate surface area is 113 Å². The second kappa shape index (κ2) is 7.73. The van der Waals surface area contributed by atoms with E-state index in [9.17, 15) is 14.4 Å². The average molecular weight is 273 g/mol. The summed E-state index contributed by atoms with van der Waals surface area (Å²) in [4.78, 5) is 35.6. The van der Waals surface area contributed by atoms with Gasteiger partial charge in [0.1, 0.15) is 0 Å². The van der Waals surface area contributed by atoms with Crippen LogP contribution in [-0.2, 0) is 9.59 Å². The molecule has 3 amide bonds. The third-order valence-electron chi connectivity index (χ3n) is 2.50. The molecule has 0 atom stereocenters. The van der Waals surface area contributed by atoms with Crippen molar-refractivity contribution in [2.45, 2.75) is 26.7 Å². The first-order valence-corrected chi connectivity index (χ1v) is 6.11. The molecule has 110 valence electrons. The molecule has 3 N–H and O–H groups in total. The van der Waals surface area contributed by atoms with Crippen LogP contribution in [0.4, 0.5) is 4.79 Å². The maximum absolute atomic E-state index is 11.5. The SMILES string of the molecule is CN(C)CCCNC(=O)NC(=O)CC(C)(C)C(=O)O. The predicted octanol–water partition coefficient (Wildman–Crippen LogP) is 0.265. The van der Waals surface area contributed by atoms with Gasteiger partial charge in [0, 0.05) is 13.0 Å². The van der Waals surface area contributed by atoms with Gasteiger partial charge in [-0.05, 0) is 40.9 Å². The van der Waals surface area contributed by atoms with Crippen molar-refractivity contribution in [2.75, 3.05) is 27.2 Å². The van der Waals surface area contributed by atoms with E-state index in [4.69, 9.17) is 5.11 Å². The Morgan fingerprint density at radius 1 is 1.21 bits per heavy atom. The number of carboxylic acids is 1. The van der Waals surface area contributed by atoms with E-state index in [1.807, 2.05) is 19.0 Å². The Balaban J connectivity index is 3.94. The predicted molar refractivity (Wildman–Crippen MR) is 70.7 cm³/mol. The second-order valence-electron chi connectivity index (χ2n) is 5.33. The first kappa shape index (κ1) is 17.4. The third-order valence-corrected chi connectivity index (χ3v) is 2.50. The third kappa shape index (κ3) is 8.15. The van der Waals surface area contributed by atoms with Gasteiger partial charge >= 0.3 is 12.0 Å². The molecule has 7 nitrogen and oxygen atoms in total. The Morgan fingerprint density at radius 3 is 2.26 bits per heavy atom. The van der Waals surface area contributed by atoms with Gasteiger partial charge in [-0.15, -0.1) is 0 Å². The van der Waals surface area contributed by atoms with Crippen molar-refractivity contribution < 1.29 is 19.5 Å². The van der Waals surface area contributed by atoms with Crippen molar-refractivity contribution in [2.24, 2.45) is 5.41 Å². The minimum Gasteiger partial charge on any atom is -0.481 e. The van der Waals surface area contributed by atoms with Gasteiger partial charge in [0.2, 0.25) is 5.91 Å². The molecule has 0 spiro atoms. The Morgan fingerprint density at radius 2 is 1.79 bits per heavy atom. The van der Waals surface area contributed by atoms with Crippen molar-refractivity contribution in [1.82, 2.24) is 15.5 Å². The largest absolute Gasteiger partial charge is 0.481 e. The molecule has 0 unspecified atom stereocenters. The monoisotopic (exact) mass is 273 g/mol. The molecular formula is C12H23N3O4. The number of rotatable bonds is 7. The van der Waals surface area contributed by atoms with Crippen LogP contribution in [0.3, 0.4) is 0 Å². The summed E-state index contributed by atoms with van der Waals surface area (Å²) in [5, 5.41) is 13.5. The molecule has 0 fully saturated rings. The fourth-order valence-corrected chi connectivity index (χ4v) is 1.29. The van der Waals surface area contributed by atoms with Crippen molar-refractivity contribution in [3.8, 4) is 0 Å². The van der Waals surface area contributed by atoms with Gasteiger partial charge in [0.25, 0.3) is 0 Å². The van der Waals surface area contributed by atoms with E-state index in [2.05, 4.69) is 10.6 Å². The minimum atomic E-state index is -1.19. The molecule has 0 radical (unpaired) electrons. The van der Waals surface area contributed by atoms with Crippen LogP contribution >= 0.6 is 0 Å². The zero-order valence-corrected chi connectivity index (χ0v) is 11.9. The maximum Gasteiger partial charge on any atom is 0.321 e. The van der Waals surface area contributed by atoms with Crippen LogP contribution in [0.15, 0.2) is 0 Å². The van der Waals surface area contributed by atoms with Crippen molar-refractivity contribution in [3.63, 3.8) is 0 Å². The molecule has 0 aliphatic heterocycles. The summed E-state index contributed by atoms with van der Waals surface area (Å²) >= 11 is 0. The Bertz CT molecular complexity index is 340. The number of hydrogen-bond donors (Lipinski definition) is 3. The van der Waals surface area contributed by atoms with E-state index < -0.39 is 23.3 Å². The first-order chi connectivity index (χ1) is 8.65. The fourth-order valence-electron chi connectivity index (χ4n) is 1.29. The van der Waals surface area contributed by atoms with E-state index in [-0.39, 0.29) is 6.42 Å². The highest BCUT2D eigenvalue weighted by Crippen LogP contribution is 2.19. The molecular weight excluding hydrogens is 250 g/mol. The summed E-state index contributed by atoms with van der Waals surface area (Å²) in [7, 11) is 3.86. The number of nitrogens with zero attached hydrogens (tertiary/aromatic N) is 1. The number of carbonyl (C=O) groups is 3. The molecule has 0 bridgehead atoms. The van der Waals surface area contributed by atoms with Crippen molar-refractivity contribution in [1.29, 1.82) is 0 Å². The molecule has 7 heteroatoms. The number of carbonyl (C=O) groups excluding carboxylic acids is 2. The summed E-state index contributed by atoms with van der Waals surface area (Å²) in [5.74, 6) is -1.67. The molecule has 0 heterocycles. The summed E-state index contributed by atoms with van der Waals surface area (Å²) in [6.45, 7) is 4.16. The minimum absolute atomic E-state index is 0.243. The molecule has 0 aliphatic rings. The quantitative estimate of drug-likeness (QED) is 0.578. The number of carboxylic acid groups (broad SMARTS) is 1. The van der Waals surface area contributed by atoms with Crippen molar-refractivity contribution >= 4 is 17.9 Å². The summed E-state index contributed by atoms with van der Waals surface area (Å²) in [6.07, 6.45) is 0.530. The maximum atomic E-state index is 11.5. The van der Waals surface area contributed by atoms with Crippen LogP contribution < -0.4 is 10.6 Å². The highest BCUT2D eigenvalue weighted by molar-refractivity contribution is 5.96. The smallest absolute Gasteiger partial charge is 0.321 e. The number of aliphatic carboxylic acids is 1. The highest BCUT2D eigenvalue weighted by Gasteiger charge is 2.30. The van der Waals surface area contributed by atoms with E-state index in [1.54, 1.807) is 0 Å². The lowest BCUT2D eigenvalue weighted by Crippen LogP contribution is -2.42. The second-order valence-corrected chi connectivity index (χ2v) is 5.33. The molecule has 0 saturated carbocycles. The molecule has 0 aromatic carbocycles. The van der Waals surface area contributed by atoms with Crippen molar-refractivity contribution in [3.05, 3.63) is 0 Å². The molecule has 0 aliphatic carbocycles. The van der Waals surface area contributed by atoms with E-state index in [0.717, 1.165) is 13.0 Å². The molecule has 0 aromatic rings. The van der Waals surface area contributed by atoms with Gasteiger partial charge in [-0.1, -0.05) is 0 Å². The van der Waals surface area contributed by atoms with E-state index in [0.29, 0.717) is 6.54 Å². The first-order valence-electron chi connectivity index (χ1n) is 6.11. The zero-order chi connectivity index (χ0) is 15.1. The van der Waals surface area contributed by atoms with E-state index >= 15 is 0 Å². The van der Waals surface area contributed by atoms with Crippen LogP contribution in [-0.4, -0.2) is 55.1 Å². The molecule has 19 heavy (non-hydrogen) atoms. The number of amides is 3. The topological polar surface area (TPSA) is 98.7 Å². The normalized spacial score (nSPS) is 11.2. The van der Waals surface area contributed by atoms with Gasteiger partial charge in [0.15, 0.2) is 0 Å². The fraction of sp³-hybridized carbons (Fsp3) is 0.750. The van der Waals surface area contributed by atoms with Gasteiger partial charge in [-0.2, -0.15) is 0 Å². The van der Waals surface area contributed by atoms with Gasteiger partial charge in [-0.25, -0.2) is 4.79 Å². The molecule has 0 saturated heterocycles. The van der Waals surface area contributed by atoms with Crippen LogP contribution in [0.2, 0.25) is 0 Å². The lowest BCUT2D eigenvalue weighted by Gasteiger charge is -2.18. The number of nitrogens with one attached hydrogen (secondary N) is 2. The van der Waals surface area contributed by atoms with E-state index in [1.165, 1.54) is 13.8 Å². The van der Waals surface area contributed by atoms with Crippen LogP contribution in [0, 0.1) is 5.41 Å². The van der Waals surface area contributed by atoms with Crippen LogP contribution in [0.1, 0.15) is 26.7 Å². The van der Waals surface area contributed by atoms with Gasteiger partial charge in [-0.3, -0.25) is 14.9 Å². The average Bonchev–Trinajstić information content (AvgIpc) is 2.22. The van der Waals surface area contributed by atoms with Crippen LogP contribution in [0.25, 0.3) is 0 Å². The van der Waals surface area contributed by atoms with Gasteiger partial charge in [0.05, 0.1) is 5.41 Å². The number of imide groups is 1. The summed E-state index contributed by atoms with van der Waals surface area (Å²) in [6, 6.07) is -0.593. The molecule has 0 aromatic heterocycles. The number of urea groups is 1. The lowest BCUT2D eigenvalue weighted by atomic mass is 9.89. The summed E-state index contributed by atoms with van der Waals surface area (Å²) < 4.78 is 0. The van der Waals surface area contributed by atoms with Gasteiger partial charge < -0.3 is 15.3 Å². The zero-order valence-electron chi connectivity index (χ0n) is 11.9. The van der Waals surface area contributed by atoms with Crippen LogP contribution in [0.5, 0.6) is 0 Å². The number of hydrogen-bond acceptors (Lipinski definition) is 4. The summed E-state index contributed by atoms with van der Waals surface area (Å²) in [5.41, 5.74) is -1.19.